The fraction of sp³-hybridized carbons (Fsp3) is 0.766. The minimum atomic E-state index is -1.20. The maximum atomic E-state index is 13.0. The number of amides is 6. The predicted octanol–water partition coefficient (Wildman–Crippen LogP) is 7.54. The van der Waals surface area contributed by atoms with Gasteiger partial charge in [0.05, 0.1) is 45.7 Å². The van der Waals surface area contributed by atoms with E-state index in [1.165, 1.54) is 82.3 Å². The molecule has 1 aliphatic carbocycles. The van der Waals surface area contributed by atoms with E-state index in [0.717, 1.165) is 64.2 Å². The van der Waals surface area contributed by atoms with Gasteiger partial charge in [0.2, 0.25) is 35.4 Å². The summed E-state index contributed by atoms with van der Waals surface area (Å²) in [7, 11) is 0. The van der Waals surface area contributed by atoms with Gasteiger partial charge in [-0.1, -0.05) is 134 Å². The van der Waals surface area contributed by atoms with Crippen LogP contribution in [0.1, 0.15) is 199 Å². The molecule has 1 saturated heterocycles. The molecule has 0 radical (unpaired) electrons. The highest BCUT2D eigenvalue weighted by Crippen LogP contribution is 2.29. The van der Waals surface area contributed by atoms with E-state index in [0.29, 0.717) is 51.1 Å². The lowest BCUT2D eigenvalue weighted by Gasteiger charge is -2.28. The molecule has 2 aliphatic rings. The summed E-state index contributed by atoms with van der Waals surface area (Å²) in [6.45, 7) is 10.2. The number of aryl methyl sites for hydroxylation is 1. The third-order valence-electron chi connectivity index (χ3n) is 15.8. The van der Waals surface area contributed by atoms with Crippen molar-refractivity contribution in [1.82, 2.24) is 26.2 Å². The van der Waals surface area contributed by atoms with E-state index < -0.39 is 18.0 Å². The van der Waals surface area contributed by atoms with Crippen LogP contribution in [0.25, 0.3) is 0 Å². The van der Waals surface area contributed by atoms with Crippen molar-refractivity contribution in [2.24, 2.45) is 29.4 Å². The number of Topliss-reactive ketones (excluding diaryl/α,β-unsaturated/α-hetero) is 1. The summed E-state index contributed by atoms with van der Waals surface area (Å²) >= 11 is 0. The lowest BCUT2D eigenvalue weighted by molar-refractivity contribution is -0.143. The first-order chi connectivity index (χ1) is 40.9. The maximum absolute atomic E-state index is 13.0. The number of primary amides is 1. The molecular formula is C64H108N6O15. The van der Waals surface area contributed by atoms with Gasteiger partial charge in [0, 0.05) is 57.3 Å². The van der Waals surface area contributed by atoms with Gasteiger partial charge < -0.3 is 61.1 Å². The van der Waals surface area contributed by atoms with E-state index >= 15 is 0 Å². The summed E-state index contributed by atoms with van der Waals surface area (Å²) in [4.78, 5) is 109. The van der Waals surface area contributed by atoms with Gasteiger partial charge in [0.1, 0.15) is 19.3 Å². The monoisotopic (exact) mass is 1200 g/mol. The Labute approximate surface area is 506 Å². The molecule has 1 heterocycles. The number of rotatable bonds is 48. The molecular weight excluding hydrogens is 1090 g/mol. The van der Waals surface area contributed by atoms with Gasteiger partial charge in [-0.15, -0.1) is 0 Å². The normalized spacial score (nSPS) is 16.4. The molecule has 1 aliphatic heterocycles. The number of ketones is 1. The molecule has 1 aromatic rings. The Bertz CT molecular complexity index is 2070. The first-order valence-electron chi connectivity index (χ1n) is 31.9. The number of carboxylic acids is 2. The number of nitrogens with zero attached hydrogens (tertiary/aromatic N) is 1. The van der Waals surface area contributed by atoms with Crippen LogP contribution >= 0.6 is 0 Å². The van der Waals surface area contributed by atoms with Crippen LogP contribution in [-0.4, -0.2) is 159 Å². The van der Waals surface area contributed by atoms with Crippen molar-refractivity contribution in [2.75, 3.05) is 79.0 Å². The molecule has 1 unspecified atom stereocenters. The minimum absolute atomic E-state index is 0.0166. The Hall–Kier alpha value is -5.51. The second-order valence-electron chi connectivity index (χ2n) is 23.3. The highest BCUT2D eigenvalue weighted by molar-refractivity contribution is 5.88. The summed E-state index contributed by atoms with van der Waals surface area (Å²) in [6.07, 6.45) is 24.4. The van der Waals surface area contributed by atoms with Gasteiger partial charge in [0.25, 0.3) is 0 Å². The molecule has 2 fully saturated rings. The van der Waals surface area contributed by atoms with E-state index in [2.05, 4.69) is 52.5 Å². The Balaban J connectivity index is 0.00000142. The molecule has 21 nitrogen and oxygen atoms in total. The quantitative estimate of drug-likeness (QED) is 0.0310. The highest BCUT2D eigenvalue weighted by Gasteiger charge is 2.32. The van der Waals surface area contributed by atoms with Crippen molar-refractivity contribution in [1.29, 1.82) is 0 Å². The van der Waals surface area contributed by atoms with Gasteiger partial charge in [-0.2, -0.15) is 0 Å². The molecule has 1 aromatic carbocycles. The van der Waals surface area contributed by atoms with Crippen molar-refractivity contribution < 1.29 is 72.3 Å². The average molecular weight is 1200 g/mol. The number of benzene rings is 1. The number of carbonyl (C=O) groups excluding carboxylic acids is 7. The number of nitrogens with two attached hydrogens (primary N) is 1. The lowest BCUT2D eigenvalue weighted by Crippen LogP contribution is -2.45. The average Bonchev–Trinajstić information content (AvgIpc) is 4.23. The van der Waals surface area contributed by atoms with E-state index in [4.69, 9.17) is 29.8 Å². The minimum Gasteiger partial charge on any atom is -0.481 e. The molecule has 8 N–H and O–H groups in total. The lowest BCUT2D eigenvalue weighted by atomic mass is 9.81. The van der Waals surface area contributed by atoms with Gasteiger partial charge >= 0.3 is 11.9 Å². The number of nitrogens with one attached hydrogen (secondary N) is 4. The zero-order valence-electron chi connectivity index (χ0n) is 52.1. The number of hydrogen-bond donors (Lipinski definition) is 7. The largest absolute Gasteiger partial charge is 0.481 e. The van der Waals surface area contributed by atoms with Crippen LogP contribution in [0.2, 0.25) is 0 Å². The molecule has 484 valence electrons. The van der Waals surface area contributed by atoms with Crippen molar-refractivity contribution in [3.63, 3.8) is 0 Å². The van der Waals surface area contributed by atoms with Crippen LogP contribution in [0, 0.1) is 30.6 Å². The Morgan fingerprint density at radius 1 is 0.600 bits per heavy atom. The van der Waals surface area contributed by atoms with Crippen molar-refractivity contribution in [3.05, 3.63) is 35.4 Å². The van der Waals surface area contributed by atoms with Crippen LogP contribution in [0.15, 0.2) is 24.3 Å². The third kappa shape index (κ3) is 38.3. The second kappa shape index (κ2) is 47.6. The van der Waals surface area contributed by atoms with Gasteiger partial charge in [-0.3, -0.25) is 38.4 Å². The van der Waals surface area contributed by atoms with Crippen molar-refractivity contribution in [2.45, 2.75) is 213 Å². The van der Waals surface area contributed by atoms with E-state index in [9.17, 15) is 48.3 Å². The standard InChI is InChI=1S/C51H89N5O14.C13H19NO/c1-40(57)44-19-18-30-56(44)48(61)39-70-36-34-68-32-29-53-47(60)38-69-35-33-67-31-28-52-46(59)27-26-43(51(65)66)55-50(64)42-24-22-41(23-25-42)37-54-45(58)20-16-14-12-10-8-6-4-2-3-5-7-9-11-13-15-17-21-49(62)63;1-9(2)12(13(14)15)8-11-6-4-10(3)5-7-11/h41-44H,2-39H2,1H3,(H,52,59)(H,53,60)(H,54,58)(H,55,64)(H,62,63)(H,65,66);4-7,9,12H,8H2,1-3H3,(H2,14,15)/t41?,42?,43?,44-;12-/m01/s1. The Morgan fingerprint density at radius 2 is 1.09 bits per heavy atom. The SMILES string of the molecule is CC(=O)[C@@H]1CCCN1C(=O)COCCOCCNC(=O)COCCOCCNC(=O)CCC(NC(=O)C1CCC(CNC(=O)CCCCCCCCCCCCCCCCCCC(=O)O)CC1)C(=O)O.Cc1ccc(C[C@@H](C(N)=O)C(C)C)cc1. The molecule has 0 spiro atoms. The number of carboxylic acid groups (broad SMARTS) is 2. The second-order valence-corrected chi connectivity index (χ2v) is 23.3. The summed E-state index contributed by atoms with van der Waals surface area (Å²) in [6, 6.07) is 6.71. The maximum Gasteiger partial charge on any atom is 0.326 e. The molecule has 85 heavy (non-hydrogen) atoms. The Kier molecular flexibility index (Phi) is 42.3. The zero-order valence-corrected chi connectivity index (χ0v) is 52.1. The molecule has 3 atom stereocenters. The zero-order chi connectivity index (χ0) is 62.5. The van der Waals surface area contributed by atoms with Crippen LogP contribution in [0.4, 0.5) is 0 Å². The highest BCUT2D eigenvalue weighted by atomic mass is 16.5. The number of hydrogen-bond acceptors (Lipinski definition) is 13. The summed E-state index contributed by atoms with van der Waals surface area (Å²) in [5.41, 5.74) is 7.79. The fourth-order valence-corrected chi connectivity index (χ4v) is 10.5. The van der Waals surface area contributed by atoms with Crippen molar-refractivity contribution >= 4 is 53.2 Å². The first-order valence-corrected chi connectivity index (χ1v) is 31.9. The molecule has 21 heteroatoms. The molecule has 0 bridgehead atoms. The molecule has 1 saturated carbocycles. The summed E-state index contributed by atoms with van der Waals surface area (Å²) in [5, 5.41) is 29.4. The number of carbonyl (C=O) groups is 9. The van der Waals surface area contributed by atoms with Gasteiger partial charge in [-0.05, 0) is 95.5 Å². The van der Waals surface area contributed by atoms with Gasteiger partial charge in [-0.25, -0.2) is 4.79 Å². The molecule has 6 amide bonds. The van der Waals surface area contributed by atoms with Crippen LogP contribution in [0.5, 0.6) is 0 Å². The van der Waals surface area contributed by atoms with Gasteiger partial charge in [0.15, 0.2) is 5.78 Å². The number of unbranched alkanes of at least 4 members (excludes halogenated alkanes) is 15. The van der Waals surface area contributed by atoms with Crippen LogP contribution < -0.4 is 27.0 Å². The summed E-state index contributed by atoms with van der Waals surface area (Å²) < 4.78 is 21.5. The number of likely N-dealkylation sites (tertiary alicyclic amines) is 1. The molecule has 0 aromatic heterocycles. The van der Waals surface area contributed by atoms with Crippen LogP contribution in [0.3, 0.4) is 0 Å². The Morgan fingerprint density at radius 3 is 1.60 bits per heavy atom. The van der Waals surface area contributed by atoms with Crippen LogP contribution in [-0.2, 0) is 68.5 Å². The topological polar surface area (TPSA) is 308 Å². The van der Waals surface area contributed by atoms with E-state index in [-0.39, 0.29) is 144 Å². The van der Waals surface area contributed by atoms with E-state index in [1.807, 2.05) is 13.8 Å². The predicted molar refractivity (Wildman–Crippen MR) is 325 cm³/mol. The summed E-state index contributed by atoms with van der Waals surface area (Å²) in [5.74, 6) is -3.07. The first kappa shape index (κ1) is 75.6. The van der Waals surface area contributed by atoms with Crippen molar-refractivity contribution in [3.8, 4) is 0 Å². The fourth-order valence-electron chi connectivity index (χ4n) is 10.5. The number of ether oxygens (including phenoxy) is 4. The van der Waals surface area contributed by atoms with E-state index in [1.54, 1.807) is 4.90 Å². The smallest absolute Gasteiger partial charge is 0.326 e. The third-order valence-corrected chi connectivity index (χ3v) is 15.8. The molecule has 3 rings (SSSR count). The number of aliphatic carboxylic acids is 2.